The number of amides is 2. The van der Waals surface area contributed by atoms with Crippen LogP contribution in [0.25, 0.3) is 0 Å². The minimum atomic E-state index is 0.0986. The molecule has 1 saturated heterocycles. The average Bonchev–Trinajstić information content (AvgIpc) is 3.01. The molecule has 2 fully saturated rings. The molecule has 0 radical (unpaired) electrons. The van der Waals surface area contributed by atoms with E-state index in [2.05, 4.69) is 17.4 Å². The van der Waals surface area contributed by atoms with Crippen LogP contribution in [0.15, 0.2) is 18.2 Å². The molecule has 5 heteroatoms. The minimum absolute atomic E-state index is 0.0986. The summed E-state index contributed by atoms with van der Waals surface area (Å²) < 4.78 is 11.5. The molecular weight excluding hydrogens is 316 g/mol. The third kappa shape index (κ3) is 3.70. The van der Waals surface area contributed by atoms with Gasteiger partial charge in [0, 0.05) is 19.0 Å². The van der Waals surface area contributed by atoms with Crippen LogP contribution >= 0.6 is 0 Å². The number of ether oxygens (including phenoxy) is 2. The fraction of sp³-hybridized carbons (Fsp3) is 0.650. The van der Waals surface area contributed by atoms with Crippen LogP contribution in [-0.4, -0.2) is 36.7 Å². The molecule has 3 aliphatic rings. The Balaban J connectivity index is 1.47. The Kier molecular flexibility index (Phi) is 4.99. The molecule has 25 heavy (non-hydrogen) atoms. The first-order chi connectivity index (χ1) is 12.3. The van der Waals surface area contributed by atoms with Crippen molar-refractivity contribution in [3.05, 3.63) is 23.8 Å². The van der Waals surface area contributed by atoms with Gasteiger partial charge in [-0.2, -0.15) is 0 Å². The number of fused-ring (bicyclic) bond motifs is 1. The molecule has 1 aliphatic carbocycles. The number of carbonyl (C=O) groups is 1. The van der Waals surface area contributed by atoms with E-state index in [1.54, 1.807) is 0 Å². The summed E-state index contributed by atoms with van der Waals surface area (Å²) in [5.41, 5.74) is 1.15. The van der Waals surface area contributed by atoms with Crippen molar-refractivity contribution in [2.75, 3.05) is 19.8 Å². The summed E-state index contributed by atoms with van der Waals surface area (Å²) in [6, 6.07) is 6.74. The van der Waals surface area contributed by atoms with Crippen molar-refractivity contribution in [1.82, 2.24) is 10.2 Å². The van der Waals surface area contributed by atoms with Crippen LogP contribution in [0.1, 0.15) is 63.0 Å². The van der Waals surface area contributed by atoms with E-state index in [9.17, 15) is 4.79 Å². The van der Waals surface area contributed by atoms with Gasteiger partial charge in [0.15, 0.2) is 11.5 Å². The first kappa shape index (κ1) is 16.6. The number of urea groups is 1. The van der Waals surface area contributed by atoms with Gasteiger partial charge in [0.05, 0.1) is 19.3 Å². The zero-order valence-corrected chi connectivity index (χ0v) is 14.8. The van der Waals surface area contributed by atoms with E-state index in [0.717, 1.165) is 55.7 Å². The Morgan fingerprint density at radius 2 is 1.76 bits per heavy atom. The Morgan fingerprint density at radius 1 is 0.960 bits per heavy atom. The molecule has 1 atom stereocenters. The van der Waals surface area contributed by atoms with Gasteiger partial charge in [-0.15, -0.1) is 0 Å². The molecule has 0 spiro atoms. The molecule has 5 nitrogen and oxygen atoms in total. The van der Waals surface area contributed by atoms with Crippen molar-refractivity contribution in [1.29, 1.82) is 0 Å². The summed E-state index contributed by atoms with van der Waals surface area (Å²) >= 11 is 0. The lowest BCUT2D eigenvalue weighted by molar-refractivity contribution is 0.185. The number of hydrogen-bond acceptors (Lipinski definition) is 3. The Labute approximate surface area is 149 Å². The van der Waals surface area contributed by atoms with Gasteiger partial charge in [0.2, 0.25) is 0 Å². The summed E-state index contributed by atoms with van der Waals surface area (Å²) in [7, 11) is 0. The van der Waals surface area contributed by atoms with E-state index in [-0.39, 0.29) is 12.1 Å². The molecule has 1 saturated carbocycles. The van der Waals surface area contributed by atoms with Crippen molar-refractivity contribution < 1.29 is 14.3 Å². The molecule has 0 aromatic heterocycles. The maximum atomic E-state index is 12.8. The fourth-order valence-corrected chi connectivity index (χ4v) is 4.25. The summed E-state index contributed by atoms with van der Waals surface area (Å²) in [6.07, 6.45) is 8.98. The van der Waals surface area contributed by atoms with Gasteiger partial charge in [-0.3, -0.25) is 0 Å². The highest BCUT2D eigenvalue weighted by molar-refractivity contribution is 5.75. The van der Waals surface area contributed by atoms with Crippen molar-refractivity contribution in [2.45, 2.75) is 63.5 Å². The Morgan fingerprint density at radius 3 is 2.60 bits per heavy atom. The van der Waals surface area contributed by atoms with E-state index in [4.69, 9.17) is 9.47 Å². The molecule has 2 aliphatic heterocycles. The standard InChI is InChI=1S/C20H28N2O3/c23-20(21-16-6-2-1-3-7-16)22-11-4-8-17(22)15-9-10-18-19(14-15)25-13-5-12-24-18/h9-10,14,16-17H,1-8,11-13H2,(H,21,23). The van der Waals surface area contributed by atoms with Gasteiger partial charge in [-0.25, -0.2) is 4.79 Å². The van der Waals surface area contributed by atoms with E-state index in [1.807, 2.05) is 11.0 Å². The molecule has 1 aromatic rings. The fourth-order valence-electron chi connectivity index (χ4n) is 4.25. The van der Waals surface area contributed by atoms with Crippen LogP contribution in [0.5, 0.6) is 11.5 Å². The lowest BCUT2D eigenvalue weighted by atomic mass is 9.96. The molecule has 4 rings (SSSR count). The lowest BCUT2D eigenvalue weighted by Crippen LogP contribution is -2.45. The monoisotopic (exact) mass is 344 g/mol. The van der Waals surface area contributed by atoms with E-state index in [0.29, 0.717) is 19.3 Å². The second-order valence-corrected chi connectivity index (χ2v) is 7.39. The van der Waals surface area contributed by atoms with Crippen molar-refractivity contribution in [3.63, 3.8) is 0 Å². The van der Waals surface area contributed by atoms with Gasteiger partial charge in [-0.1, -0.05) is 25.3 Å². The first-order valence-electron chi connectivity index (χ1n) is 9.78. The maximum Gasteiger partial charge on any atom is 0.318 e. The van der Waals surface area contributed by atoms with Crippen molar-refractivity contribution in [3.8, 4) is 11.5 Å². The van der Waals surface area contributed by atoms with E-state index in [1.165, 1.54) is 19.3 Å². The normalized spacial score (nSPS) is 24.0. The molecule has 2 heterocycles. The summed E-state index contributed by atoms with van der Waals surface area (Å²) in [5.74, 6) is 1.63. The maximum absolute atomic E-state index is 12.8. The van der Waals surface area contributed by atoms with Gasteiger partial charge in [0.1, 0.15) is 0 Å². The van der Waals surface area contributed by atoms with Crippen LogP contribution in [0.3, 0.4) is 0 Å². The summed E-state index contributed by atoms with van der Waals surface area (Å²) in [5, 5.41) is 3.26. The van der Waals surface area contributed by atoms with Crippen LogP contribution in [-0.2, 0) is 0 Å². The quantitative estimate of drug-likeness (QED) is 0.881. The number of benzene rings is 1. The van der Waals surface area contributed by atoms with Crippen LogP contribution < -0.4 is 14.8 Å². The van der Waals surface area contributed by atoms with Crippen LogP contribution in [0.2, 0.25) is 0 Å². The zero-order valence-electron chi connectivity index (χ0n) is 14.8. The molecule has 136 valence electrons. The molecule has 1 aromatic carbocycles. The molecule has 1 unspecified atom stereocenters. The van der Waals surface area contributed by atoms with Gasteiger partial charge in [-0.05, 0) is 43.4 Å². The highest BCUT2D eigenvalue weighted by Crippen LogP contribution is 2.38. The predicted octanol–water partition coefficient (Wildman–Crippen LogP) is 4.03. The lowest BCUT2D eigenvalue weighted by Gasteiger charge is -2.30. The number of nitrogens with zero attached hydrogens (tertiary/aromatic N) is 1. The predicted molar refractivity (Wildman–Crippen MR) is 96.1 cm³/mol. The van der Waals surface area contributed by atoms with Crippen molar-refractivity contribution >= 4 is 6.03 Å². The number of likely N-dealkylation sites (tertiary alicyclic amines) is 1. The average molecular weight is 344 g/mol. The third-order valence-electron chi connectivity index (χ3n) is 5.60. The Bertz CT molecular complexity index is 613. The number of hydrogen-bond donors (Lipinski definition) is 1. The van der Waals surface area contributed by atoms with E-state index >= 15 is 0 Å². The van der Waals surface area contributed by atoms with Gasteiger partial charge < -0.3 is 19.7 Å². The largest absolute Gasteiger partial charge is 0.490 e. The molecule has 0 bridgehead atoms. The number of carbonyl (C=O) groups excluding carboxylic acids is 1. The highest BCUT2D eigenvalue weighted by Gasteiger charge is 2.32. The van der Waals surface area contributed by atoms with Crippen molar-refractivity contribution in [2.24, 2.45) is 0 Å². The smallest absolute Gasteiger partial charge is 0.318 e. The second-order valence-electron chi connectivity index (χ2n) is 7.39. The molecule has 1 N–H and O–H groups in total. The highest BCUT2D eigenvalue weighted by atomic mass is 16.5. The first-order valence-corrected chi connectivity index (χ1v) is 9.78. The van der Waals surface area contributed by atoms with Crippen LogP contribution in [0.4, 0.5) is 4.79 Å². The summed E-state index contributed by atoms with van der Waals surface area (Å²) in [4.78, 5) is 14.8. The molecular formula is C20H28N2O3. The van der Waals surface area contributed by atoms with Gasteiger partial charge in [0.25, 0.3) is 0 Å². The number of rotatable bonds is 2. The minimum Gasteiger partial charge on any atom is -0.490 e. The Hall–Kier alpha value is -1.91. The molecule has 2 amide bonds. The second kappa shape index (κ2) is 7.54. The summed E-state index contributed by atoms with van der Waals surface area (Å²) in [6.45, 7) is 2.22. The van der Waals surface area contributed by atoms with Crippen LogP contribution in [0, 0.1) is 0 Å². The number of nitrogens with one attached hydrogen (secondary N) is 1. The zero-order chi connectivity index (χ0) is 17.1. The van der Waals surface area contributed by atoms with E-state index < -0.39 is 0 Å². The SMILES string of the molecule is O=C(NC1CCCCC1)N1CCCC1c1ccc2c(c1)OCCCO2. The topological polar surface area (TPSA) is 50.8 Å². The van der Waals surface area contributed by atoms with Gasteiger partial charge >= 0.3 is 6.03 Å². The third-order valence-corrected chi connectivity index (χ3v) is 5.60.